The van der Waals surface area contributed by atoms with E-state index in [0.29, 0.717) is 0 Å². The van der Waals surface area contributed by atoms with Gasteiger partial charge in [0.25, 0.3) is 0 Å². The molecule has 0 radical (unpaired) electrons. The Kier molecular flexibility index (Phi) is 4.70. The summed E-state index contributed by atoms with van der Waals surface area (Å²) in [7, 11) is 6.35. The summed E-state index contributed by atoms with van der Waals surface area (Å²) in [5.74, 6) is 0.0240. The van der Waals surface area contributed by atoms with Crippen molar-refractivity contribution in [1.29, 1.82) is 0 Å². The predicted octanol–water partition coefficient (Wildman–Crippen LogP) is 0.727. The molecule has 0 saturated heterocycles. The van der Waals surface area contributed by atoms with Gasteiger partial charge in [-0.2, -0.15) is 0 Å². The van der Waals surface area contributed by atoms with Gasteiger partial charge in [-0.25, -0.2) is 0 Å². The van der Waals surface area contributed by atoms with Gasteiger partial charge in [-0.05, 0) is 13.0 Å². The van der Waals surface area contributed by atoms with Crippen molar-refractivity contribution in [2.75, 3.05) is 40.8 Å². The van der Waals surface area contributed by atoms with Crippen molar-refractivity contribution < 1.29 is 9.28 Å². The van der Waals surface area contributed by atoms with Crippen LogP contribution in [0, 0.1) is 0 Å². The van der Waals surface area contributed by atoms with Crippen molar-refractivity contribution in [3.63, 3.8) is 0 Å². The van der Waals surface area contributed by atoms with E-state index in [1.54, 1.807) is 4.90 Å². The third-order valence-corrected chi connectivity index (χ3v) is 1.91. The Labute approximate surface area is 81.2 Å². The maximum absolute atomic E-state index is 11.3. The number of carbonyl (C=O) groups excluding carboxylic acids is 1. The van der Waals surface area contributed by atoms with Crippen LogP contribution in [0.1, 0.15) is 6.92 Å². The molecule has 13 heavy (non-hydrogen) atoms. The van der Waals surface area contributed by atoms with Crippen LogP contribution in [0.5, 0.6) is 0 Å². The van der Waals surface area contributed by atoms with Crippen molar-refractivity contribution >= 4 is 5.91 Å². The molecule has 0 spiro atoms. The molecule has 0 aliphatic carbocycles. The fourth-order valence-electron chi connectivity index (χ4n) is 0.974. The molecule has 76 valence electrons. The first-order chi connectivity index (χ1) is 5.90. The topological polar surface area (TPSA) is 20.3 Å². The highest BCUT2D eigenvalue weighted by atomic mass is 16.2. The monoisotopic (exact) mass is 185 g/mol. The highest BCUT2D eigenvalue weighted by molar-refractivity contribution is 5.86. The standard InChI is InChI=1S/C10H21N2O/c1-6-10(13)11(7-2)8-9-12(3,4)5/h6H,1,7-9H2,2-5H3/q+1. The van der Waals surface area contributed by atoms with Gasteiger partial charge in [-0.1, -0.05) is 6.58 Å². The minimum atomic E-state index is 0.0240. The minimum absolute atomic E-state index is 0.0240. The number of quaternary nitrogens is 1. The van der Waals surface area contributed by atoms with Crippen LogP contribution >= 0.6 is 0 Å². The third-order valence-electron chi connectivity index (χ3n) is 1.91. The van der Waals surface area contributed by atoms with Crippen LogP contribution in [0.3, 0.4) is 0 Å². The Hall–Kier alpha value is -0.830. The number of nitrogens with zero attached hydrogens (tertiary/aromatic N) is 2. The summed E-state index contributed by atoms with van der Waals surface area (Å²) in [6.07, 6.45) is 1.37. The first kappa shape index (κ1) is 12.2. The van der Waals surface area contributed by atoms with E-state index in [0.717, 1.165) is 24.1 Å². The summed E-state index contributed by atoms with van der Waals surface area (Å²) in [6, 6.07) is 0. The van der Waals surface area contributed by atoms with Crippen LogP contribution in [-0.4, -0.2) is 56.1 Å². The van der Waals surface area contributed by atoms with Gasteiger partial charge in [0.15, 0.2) is 0 Å². The summed E-state index contributed by atoms with van der Waals surface area (Å²) >= 11 is 0. The number of amides is 1. The predicted molar refractivity (Wildman–Crippen MR) is 55.4 cm³/mol. The van der Waals surface area contributed by atoms with Crippen molar-refractivity contribution in [3.05, 3.63) is 12.7 Å². The zero-order valence-corrected chi connectivity index (χ0v) is 9.21. The van der Waals surface area contributed by atoms with Gasteiger partial charge in [-0.3, -0.25) is 4.79 Å². The molecule has 0 N–H and O–H groups in total. The van der Waals surface area contributed by atoms with Gasteiger partial charge in [0.1, 0.15) is 0 Å². The first-order valence-electron chi connectivity index (χ1n) is 4.62. The van der Waals surface area contributed by atoms with Crippen molar-refractivity contribution in [1.82, 2.24) is 4.90 Å². The van der Waals surface area contributed by atoms with E-state index in [4.69, 9.17) is 0 Å². The lowest BCUT2D eigenvalue weighted by Crippen LogP contribution is -2.43. The molecule has 0 heterocycles. The average Bonchev–Trinajstić information content (AvgIpc) is 2.03. The highest BCUT2D eigenvalue weighted by Gasteiger charge is 2.12. The van der Waals surface area contributed by atoms with Crippen LogP contribution < -0.4 is 0 Å². The van der Waals surface area contributed by atoms with E-state index < -0.39 is 0 Å². The molecule has 1 amide bonds. The second-order valence-electron chi connectivity index (χ2n) is 4.14. The van der Waals surface area contributed by atoms with Crippen molar-refractivity contribution in [2.24, 2.45) is 0 Å². The smallest absolute Gasteiger partial charge is 0.246 e. The Morgan fingerprint density at radius 1 is 1.46 bits per heavy atom. The molecule has 0 aromatic heterocycles. The summed E-state index contributed by atoms with van der Waals surface area (Å²) in [5.41, 5.74) is 0. The quantitative estimate of drug-likeness (QED) is 0.457. The van der Waals surface area contributed by atoms with E-state index in [1.165, 1.54) is 6.08 Å². The lowest BCUT2D eigenvalue weighted by molar-refractivity contribution is -0.869. The maximum Gasteiger partial charge on any atom is 0.246 e. The Morgan fingerprint density at radius 3 is 2.31 bits per heavy atom. The molecule has 0 aromatic rings. The number of likely N-dealkylation sites (N-methyl/N-ethyl adjacent to an activating group) is 2. The summed E-state index contributed by atoms with van der Waals surface area (Å²) in [4.78, 5) is 13.1. The molecule has 3 nitrogen and oxygen atoms in total. The third kappa shape index (κ3) is 5.42. The van der Waals surface area contributed by atoms with Gasteiger partial charge in [-0.15, -0.1) is 0 Å². The van der Waals surface area contributed by atoms with E-state index in [2.05, 4.69) is 27.7 Å². The number of rotatable bonds is 5. The highest BCUT2D eigenvalue weighted by Crippen LogP contribution is 1.95. The minimum Gasteiger partial charge on any atom is -0.334 e. The van der Waals surface area contributed by atoms with Crippen LogP contribution in [0.4, 0.5) is 0 Å². The lowest BCUT2D eigenvalue weighted by atomic mass is 10.4. The van der Waals surface area contributed by atoms with Gasteiger partial charge in [0, 0.05) is 6.54 Å². The van der Waals surface area contributed by atoms with Gasteiger partial charge in [0.2, 0.25) is 5.91 Å². The van der Waals surface area contributed by atoms with Crippen LogP contribution in [0.2, 0.25) is 0 Å². The molecule has 0 saturated carbocycles. The summed E-state index contributed by atoms with van der Waals surface area (Å²) < 4.78 is 0.876. The molecular formula is C10H21N2O+. The van der Waals surface area contributed by atoms with E-state index in [9.17, 15) is 4.79 Å². The molecule has 0 aromatic carbocycles. The second kappa shape index (κ2) is 5.02. The average molecular weight is 185 g/mol. The first-order valence-corrected chi connectivity index (χ1v) is 4.62. The van der Waals surface area contributed by atoms with E-state index in [1.807, 2.05) is 6.92 Å². The van der Waals surface area contributed by atoms with E-state index >= 15 is 0 Å². The van der Waals surface area contributed by atoms with Crippen molar-refractivity contribution in [3.8, 4) is 0 Å². The molecule has 0 rings (SSSR count). The SMILES string of the molecule is C=CC(=O)N(CC)CC[N+](C)(C)C. The van der Waals surface area contributed by atoms with Gasteiger partial charge >= 0.3 is 0 Å². The van der Waals surface area contributed by atoms with Gasteiger partial charge < -0.3 is 9.38 Å². The number of hydrogen-bond donors (Lipinski definition) is 0. The van der Waals surface area contributed by atoms with Crippen molar-refractivity contribution in [2.45, 2.75) is 6.92 Å². The summed E-state index contributed by atoms with van der Waals surface area (Å²) in [6.45, 7) is 7.98. The molecule has 3 heteroatoms. The molecule has 0 aliphatic rings. The Morgan fingerprint density at radius 2 is 2.00 bits per heavy atom. The maximum atomic E-state index is 11.3. The van der Waals surface area contributed by atoms with Gasteiger partial charge in [0.05, 0.1) is 34.2 Å². The fourth-order valence-corrected chi connectivity index (χ4v) is 0.974. The zero-order chi connectivity index (χ0) is 10.5. The molecule has 0 atom stereocenters. The summed E-state index contributed by atoms with van der Waals surface area (Å²) in [5, 5.41) is 0. The largest absolute Gasteiger partial charge is 0.334 e. The zero-order valence-electron chi connectivity index (χ0n) is 9.21. The normalized spacial score (nSPS) is 11.1. The molecule has 0 aliphatic heterocycles. The second-order valence-corrected chi connectivity index (χ2v) is 4.14. The Bertz CT molecular complexity index is 182. The van der Waals surface area contributed by atoms with Crippen LogP contribution in [0.15, 0.2) is 12.7 Å². The number of hydrogen-bond acceptors (Lipinski definition) is 1. The lowest BCUT2D eigenvalue weighted by Gasteiger charge is -2.27. The fraction of sp³-hybridized carbons (Fsp3) is 0.700. The molecule has 0 unspecified atom stereocenters. The van der Waals surface area contributed by atoms with Crippen LogP contribution in [-0.2, 0) is 4.79 Å². The molecular weight excluding hydrogens is 164 g/mol. The van der Waals surface area contributed by atoms with Crippen LogP contribution in [0.25, 0.3) is 0 Å². The van der Waals surface area contributed by atoms with E-state index in [-0.39, 0.29) is 5.91 Å². The molecule has 0 bridgehead atoms. The number of carbonyl (C=O) groups is 1. The molecule has 0 fully saturated rings. The Balaban J connectivity index is 4.00.